The van der Waals surface area contributed by atoms with Gasteiger partial charge in [0.25, 0.3) is 5.91 Å². The Kier molecular flexibility index (Phi) is 7.17. The standard InChI is InChI=1S/C26H34N6O2/c1-5-19-9-7-8-10-21(19)28-26(34)31-15-13-30(14-16-31)18-24-27-22-17-20(25(33)29(3)4)11-12-23(22)32(24)6-2/h7-12,17H,5-6,13-16,18H2,1-4H3,(H,28,34). The van der Waals surface area contributed by atoms with Gasteiger partial charge in [0.2, 0.25) is 0 Å². The number of imidazole rings is 1. The minimum absolute atomic E-state index is 0.0227. The van der Waals surface area contributed by atoms with Gasteiger partial charge < -0.3 is 19.7 Å². The van der Waals surface area contributed by atoms with Gasteiger partial charge in [-0.3, -0.25) is 9.69 Å². The second-order valence-electron chi connectivity index (χ2n) is 8.88. The number of carbonyl (C=O) groups excluding carboxylic acids is 2. The summed E-state index contributed by atoms with van der Waals surface area (Å²) < 4.78 is 2.21. The number of fused-ring (bicyclic) bond motifs is 1. The number of aromatic nitrogens is 2. The molecular weight excluding hydrogens is 428 g/mol. The number of hydrogen-bond donors (Lipinski definition) is 1. The van der Waals surface area contributed by atoms with Crippen LogP contribution in [0.2, 0.25) is 0 Å². The molecule has 1 aliphatic rings. The molecule has 1 N–H and O–H groups in total. The number of urea groups is 1. The highest BCUT2D eigenvalue weighted by molar-refractivity contribution is 5.97. The molecule has 0 saturated carbocycles. The smallest absolute Gasteiger partial charge is 0.321 e. The average molecular weight is 463 g/mol. The molecule has 0 atom stereocenters. The first-order valence-corrected chi connectivity index (χ1v) is 12.0. The number of benzene rings is 2. The summed E-state index contributed by atoms with van der Waals surface area (Å²) in [5.41, 5.74) is 4.57. The van der Waals surface area contributed by atoms with E-state index in [9.17, 15) is 9.59 Å². The van der Waals surface area contributed by atoms with Crippen molar-refractivity contribution in [1.29, 1.82) is 0 Å². The highest BCUT2D eigenvalue weighted by Crippen LogP contribution is 2.21. The Morgan fingerprint density at radius 1 is 1.03 bits per heavy atom. The molecule has 0 aliphatic carbocycles. The van der Waals surface area contributed by atoms with Crippen LogP contribution in [-0.4, -0.2) is 76.5 Å². The average Bonchev–Trinajstić information content (AvgIpc) is 3.20. The van der Waals surface area contributed by atoms with Gasteiger partial charge in [-0.2, -0.15) is 0 Å². The van der Waals surface area contributed by atoms with Gasteiger partial charge in [-0.05, 0) is 43.2 Å². The Morgan fingerprint density at radius 2 is 1.76 bits per heavy atom. The molecular formula is C26H34N6O2. The molecule has 1 saturated heterocycles. The fraction of sp³-hybridized carbons (Fsp3) is 0.423. The molecule has 1 aliphatic heterocycles. The molecule has 8 nitrogen and oxygen atoms in total. The fourth-order valence-corrected chi connectivity index (χ4v) is 4.50. The van der Waals surface area contributed by atoms with E-state index in [-0.39, 0.29) is 11.9 Å². The quantitative estimate of drug-likeness (QED) is 0.607. The number of rotatable bonds is 6. The molecule has 34 heavy (non-hydrogen) atoms. The summed E-state index contributed by atoms with van der Waals surface area (Å²) in [6, 6.07) is 13.7. The van der Waals surface area contributed by atoms with E-state index in [1.165, 1.54) is 0 Å². The molecule has 0 unspecified atom stereocenters. The number of hydrogen-bond acceptors (Lipinski definition) is 4. The van der Waals surface area contributed by atoms with Gasteiger partial charge in [0.1, 0.15) is 5.82 Å². The number of aryl methyl sites for hydroxylation is 2. The molecule has 2 aromatic carbocycles. The zero-order valence-corrected chi connectivity index (χ0v) is 20.5. The number of nitrogens with one attached hydrogen (secondary N) is 1. The van der Waals surface area contributed by atoms with E-state index in [2.05, 4.69) is 28.6 Å². The van der Waals surface area contributed by atoms with Crippen LogP contribution in [0.25, 0.3) is 11.0 Å². The van der Waals surface area contributed by atoms with Gasteiger partial charge in [0.05, 0.1) is 17.6 Å². The van der Waals surface area contributed by atoms with Gasteiger partial charge in [-0.25, -0.2) is 9.78 Å². The molecule has 2 heterocycles. The van der Waals surface area contributed by atoms with Crippen LogP contribution in [0.15, 0.2) is 42.5 Å². The van der Waals surface area contributed by atoms with Crippen molar-refractivity contribution >= 4 is 28.7 Å². The zero-order valence-electron chi connectivity index (χ0n) is 20.5. The van der Waals surface area contributed by atoms with Crippen LogP contribution >= 0.6 is 0 Å². The highest BCUT2D eigenvalue weighted by atomic mass is 16.2. The van der Waals surface area contributed by atoms with Gasteiger partial charge in [-0.15, -0.1) is 0 Å². The highest BCUT2D eigenvalue weighted by Gasteiger charge is 2.23. The lowest BCUT2D eigenvalue weighted by atomic mass is 10.1. The molecule has 3 amide bonds. The second kappa shape index (κ2) is 10.3. The molecule has 0 bridgehead atoms. The predicted molar refractivity (Wildman–Crippen MR) is 135 cm³/mol. The fourth-order valence-electron chi connectivity index (χ4n) is 4.50. The van der Waals surface area contributed by atoms with E-state index >= 15 is 0 Å². The first kappa shape index (κ1) is 23.8. The third kappa shape index (κ3) is 4.92. The molecule has 1 fully saturated rings. The predicted octanol–water partition coefficient (Wildman–Crippen LogP) is 3.67. The first-order valence-electron chi connectivity index (χ1n) is 12.0. The van der Waals surface area contributed by atoms with Crippen molar-refractivity contribution in [1.82, 2.24) is 24.3 Å². The van der Waals surface area contributed by atoms with Gasteiger partial charge in [0.15, 0.2) is 0 Å². The van der Waals surface area contributed by atoms with Crippen LogP contribution in [0.5, 0.6) is 0 Å². The summed E-state index contributed by atoms with van der Waals surface area (Å²) in [5, 5.41) is 3.07. The van der Waals surface area contributed by atoms with E-state index in [0.29, 0.717) is 25.2 Å². The Morgan fingerprint density at radius 3 is 2.44 bits per heavy atom. The monoisotopic (exact) mass is 462 g/mol. The summed E-state index contributed by atoms with van der Waals surface area (Å²) in [6.07, 6.45) is 0.882. The summed E-state index contributed by atoms with van der Waals surface area (Å²) in [7, 11) is 3.51. The van der Waals surface area contributed by atoms with Crippen molar-refractivity contribution < 1.29 is 9.59 Å². The Labute approximate surface area is 201 Å². The van der Waals surface area contributed by atoms with Crippen molar-refractivity contribution in [3.05, 3.63) is 59.4 Å². The van der Waals surface area contributed by atoms with Crippen LogP contribution in [0, 0.1) is 0 Å². The van der Waals surface area contributed by atoms with Crippen LogP contribution in [-0.2, 0) is 19.5 Å². The van der Waals surface area contributed by atoms with Crippen molar-refractivity contribution in [2.75, 3.05) is 45.6 Å². The van der Waals surface area contributed by atoms with Crippen molar-refractivity contribution in [2.45, 2.75) is 33.4 Å². The van der Waals surface area contributed by atoms with E-state index in [0.717, 1.165) is 54.2 Å². The Bertz CT molecular complexity index is 1180. The molecule has 0 spiro atoms. The third-order valence-corrected chi connectivity index (χ3v) is 6.46. The Hall–Kier alpha value is -3.39. The van der Waals surface area contributed by atoms with Crippen LogP contribution < -0.4 is 5.32 Å². The first-order chi connectivity index (χ1) is 16.4. The summed E-state index contributed by atoms with van der Waals surface area (Å²) in [5.74, 6) is 0.965. The van der Waals surface area contributed by atoms with Crippen LogP contribution in [0.1, 0.15) is 35.6 Å². The molecule has 3 aromatic rings. The lowest BCUT2D eigenvalue weighted by Gasteiger charge is -2.34. The number of carbonyl (C=O) groups is 2. The maximum atomic E-state index is 12.8. The van der Waals surface area contributed by atoms with Gasteiger partial charge in [-0.1, -0.05) is 25.1 Å². The number of nitrogens with zero attached hydrogens (tertiary/aromatic N) is 5. The molecule has 0 radical (unpaired) electrons. The van der Waals surface area contributed by atoms with Crippen molar-refractivity contribution in [3.63, 3.8) is 0 Å². The second-order valence-corrected chi connectivity index (χ2v) is 8.88. The van der Waals surface area contributed by atoms with E-state index in [4.69, 9.17) is 4.98 Å². The molecule has 180 valence electrons. The van der Waals surface area contributed by atoms with E-state index in [1.807, 2.05) is 47.4 Å². The van der Waals surface area contributed by atoms with E-state index < -0.39 is 0 Å². The SMILES string of the molecule is CCc1ccccc1NC(=O)N1CCN(Cc2nc3cc(C(=O)N(C)C)ccc3n2CC)CC1. The van der Waals surface area contributed by atoms with Gasteiger partial charge >= 0.3 is 6.03 Å². The zero-order chi connectivity index (χ0) is 24.2. The normalized spacial score (nSPS) is 14.4. The maximum absolute atomic E-state index is 12.8. The van der Waals surface area contributed by atoms with Crippen molar-refractivity contribution in [2.24, 2.45) is 0 Å². The van der Waals surface area contributed by atoms with E-state index in [1.54, 1.807) is 19.0 Å². The lowest BCUT2D eigenvalue weighted by Crippen LogP contribution is -2.49. The largest absolute Gasteiger partial charge is 0.345 e. The maximum Gasteiger partial charge on any atom is 0.321 e. The van der Waals surface area contributed by atoms with Crippen LogP contribution in [0.4, 0.5) is 10.5 Å². The third-order valence-electron chi connectivity index (χ3n) is 6.46. The summed E-state index contributed by atoms with van der Waals surface area (Å²) >= 11 is 0. The molecule has 4 rings (SSSR count). The minimum atomic E-state index is -0.0422. The molecule has 1 aromatic heterocycles. The number of amides is 3. The topological polar surface area (TPSA) is 73.7 Å². The van der Waals surface area contributed by atoms with Crippen LogP contribution in [0.3, 0.4) is 0 Å². The Balaban J connectivity index is 1.41. The number of para-hydroxylation sites is 1. The minimum Gasteiger partial charge on any atom is -0.345 e. The summed E-state index contributed by atoms with van der Waals surface area (Å²) in [4.78, 5) is 35.8. The van der Waals surface area contributed by atoms with Gasteiger partial charge in [0, 0.05) is 58.1 Å². The lowest BCUT2D eigenvalue weighted by molar-refractivity contribution is 0.0827. The summed E-state index contributed by atoms with van der Waals surface area (Å²) in [6.45, 7) is 8.66. The number of anilines is 1. The molecule has 8 heteroatoms. The van der Waals surface area contributed by atoms with Crippen molar-refractivity contribution in [3.8, 4) is 0 Å². The number of piperazine rings is 1.